The van der Waals surface area contributed by atoms with E-state index in [0.29, 0.717) is 37.7 Å². The zero-order valence-electron chi connectivity index (χ0n) is 23.0. The molecule has 0 unspecified atom stereocenters. The van der Waals surface area contributed by atoms with E-state index in [-0.39, 0.29) is 11.7 Å². The third-order valence-electron chi connectivity index (χ3n) is 7.88. The summed E-state index contributed by atoms with van der Waals surface area (Å²) in [7, 11) is 2.16. The summed E-state index contributed by atoms with van der Waals surface area (Å²) in [4.78, 5) is 33.4. The van der Waals surface area contributed by atoms with Gasteiger partial charge >= 0.3 is 0 Å². The van der Waals surface area contributed by atoms with Gasteiger partial charge in [-0.3, -0.25) is 4.79 Å². The van der Waals surface area contributed by atoms with E-state index in [2.05, 4.69) is 51.4 Å². The molecule has 2 aliphatic heterocycles. The Hall–Kier alpha value is -4.18. The number of benzene rings is 2. The molecule has 10 heteroatoms. The quantitative estimate of drug-likeness (QED) is 0.334. The van der Waals surface area contributed by atoms with Crippen LogP contribution in [0.3, 0.4) is 0 Å². The smallest absolute Gasteiger partial charge is 0.222 e. The molecular weight excluding hydrogens is 504 g/mol. The lowest BCUT2D eigenvalue weighted by Crippen LogP contribution is -2.44. The van der Waals surface area contributed by atoms with Gasteiger partial charge in [0, 0.05) is 70.0 Å². The highest BCUT2D eigenvalue weighted by atomic mass is 16.3. The van der Waals surface area contributed by atoms with Gasteiger partial charge in [0.15, 0.2) is 17.3 Å². The normalized spacial score (nSPS) is 16.3. The molecule has 2 fully saturated rings. The number of fused-ring (bicyclic) bond motifs is 1. The van der Waals surface area contributed by atoms with Crippen LogP contribution < -0.4 is 10.2 Å². The number of imidazole rings is 1. The molecule has 6 rings (SSSR count). The average molecular weight is 541 g/mol. The number of aromatic hydroxyl groups is 1. The largest absolute Gasteiger partial charge is 0.508 e. The number of hydrogen-bond donors (Lipinski definition) is 2. The number of piperazine rings is 1. The van der Waals surface area contributed by atoms with E-state index in [4.69, 9.17) is 9.97 Å². The Labute approximate surface area is 234 Å². The Morgan fingerprint density at radius 2 is 1.70 bits per heavy atom. The summed E-state index contributed by atoms with van der Waals surface area (Å²) in [6, 6.07) is 15.8. The first-order chi connectivity index (χ1) is 19.5. The van der Waals surface area contributed by atoms with Crippen LogP contribution in [0.2, 0.25) is 0 Å². The number of carbonyl (C=O) groups excluding carboxylic acids is 1. The van der Waals surface area contributed by atoms with Crippen LogP contribution in [0.25, 0.3) is 22.6 Å². The van der Waals surface area contributed by atoms with Gasteiger partial charge in [0.1, 0.15) is 11.3 Å². The first-order valence-electron chi connectivity index (χ1n) is 14.1. The molecule has 1 amide bonds. The highest BCUT2D eigenvalue weighted by molar-refractivity contribution is 5.85. The molecule has 0 spiro atoms. The van der Waals surface area contributed by atoms with Crippen LogP contribution in [-0.2, 0) is 17.8 Å². The van der Waals surface area contributed by atoms with Crippen molar-refractivity contribution < 1.29 is 9.90 Å². The molecule has 0 radical (unpaired) electrons. The number of phenols is 1. The van der Waals surface area contributed by atoms with Gasteiger partial charge in [0.25, 0.3) is 0 Å². The molecule has 2 aromatic carbocycles. The Bertz CT molecular complexity index is 1460. The van der Waals surface area contributed by atoms with Crippen molar-refractivity contribution in [3.8, 4) is 17.1 Å². The molecule has 4 aromatic rings. The number of likely N-dealkylation sites (tertiary alicyclic amines) is 1. The van der Waals surface area contributed by atoms with Crippen LogP contribution in [-0.4, -0.2) is 93.2 Å². The molecule has 2 N–H and O–H groups in total. The summed E-state index contributed by atoms with van der Waals surface area (Å²) in [6.45, 7) is 6.92. The molecule has 0 atom stereocenters. The predicted molar refractivity (Wildman–Crippen MR) is 157 cm³/mol. The zero-order chi connectivity index (χ0) is 27.5. The van der Waals surface area contributed by atoms with Gasteiger partial charge < -0.3 is 29.7 Å². The molecule has 0 bridgehead atoms. The zero-order valence-corrected chi connectivity index (χ0v) is 23.0. The fourth-order valence-electron chi connectivity index (χ4n) is 5.40. The minimum Gasteiger partial charge on any atom is -0.508 e. The fourth-order valence-corrected chi connectivity index (χ4v) is 5.40. The maximum atomic E-state index is 12.1. The van der Waals surface area contributed by atoms with Crippen molar-refractivity contribution in [2.45, 2.75) is 25.8 Å². The molecule has 2 aromatic heterocycles. The molecule has 40 heavy (non-hydrogen) atoms. The van der Waals surface area contributed by atoms with Crippen molar-refractivity contribution in [2.75, 3.05) is 63.1 Å². The molecule has 2 aliphatic rings. The molecule has 0 aliphatic carbocycles. The molecule has 2 saturated heterocycles. The Morgan fingerprint density at radius 3 is 2.42 bits per heavy atom. The van der Waals surface area contributed by atoms with Gasteiger partial charge in [-0.05, 0) is 61.9 Å². The van der Waals surface area contributed by atoms with E-state index in [1.807, 2.05) is 21.6 Å². The Kier molecular flexibility index (Phi) is 7.50. The van der Waals surface area contributed by atoms with E-state index in [9.17, 15) is 9.90 Å². The summed E-state index contributed by atoms with van der Waals surface area (Å²) in [5.74, 6) is 1.82. The predicted octanol–water partition coefficient (Wildman–Crippen LogP) is 3.23. The number of rotatable bonds is 9. The second kappa shape index (κ2) is 11.5. The van der Waals surface area contributed by atoms with Gasteiger partial charge in [-0.25, -0.2) is 15.0 Å². The maximum absolute atomic E-state index is 12.1. The number of aromatic nitrogens is 4. The number of carbonyl (C=O) groups is 1. The first-order valence-corrected chi connectivity index (χ1v) is 14.1. The minimum atomic E-state index is 0.219. The first kappa shape index (κ1) is 26.1. The lowest BCUT2D eigenvalue weighted by molar-refractivity contribution is -0.127. The van der Waals surface area contributed by atoms with Crippen molar-refractivity contribution >= 4 is 28.6 Å². The second-order valence-electron chi connectivity index (χ2n) is 10.7. The Morgan fingerprint density at radius 1 is 0.925 bits per heavy atom. The van der Waals surface area contributed by atoms with Crippen LogP contribution in [0.15, 0.2) is 54.9 Å². The van der Waals surface area contributed by atoms with Gasteiger partial charge in [0.05, 0.1) is 6.33 Å². The molecule has 0 saturated carbocycles. The fraction of sp³-hybridized carbons (Fsp3) is 0.400. The second-order valence-corrected chi connectivity index (χ2v) is 10.7. The third kappa shape index (κ3) is 5.72. The van der Waals surface area contributed by atoms with Crippen molar-refractivity contribution in [3.05, 3.63) is 60.4 Å². The van der Waals surface area contributed by atoms with Crippen LogP contribution in [0.1, 0.15) is 18.4 Å². The lowest BCUT2D eigenvalue weighted by Gasteiger charge is -2.34. The number of likely N-dealkylation sites (N-methyl/N-ethyl adjacent to an activating group) is 1. The van der Waals surface area contributed by atoms with E-state index in [1.54, 1.807) is 18.5 Å². The van der Waals surface area contributed by atoms with Gasteiger partial charge in [-0.15, -0.1) is 0 Å². The van der Waals surface area contributed by atoms with Gasteiger partial charge in [-0.1, -0.05) is 12.1 Å². The number of amides is 1. The van der Waals surface area contributed by atoms with Crippen LogP contribution in [0.5, 0.6) is 5.75 Å². The van der Waals surface area contributed by atoms with Gasteiger partial charge in [0.2, 0.25) is 5.91 Å². The summed E-state index contributed by atoms with van der Waals surface area (Å²) >= 11 is 0. The lowest BCUT2D eigenvalue weighted by atomic mass is 10.1. The van der Waals surface area contributed by atoms with Crippen LogP contribution >= 0.6 is 0 Å². The topological polar surface area (TPSA) is 103 Å². The maximum Gasteiger partial charge on any atom is 0.222 e. The van der Waals surface area contributed by atoms with Crippen molar-refractivity contribution in [1.82, 2.24) is 29.3 Å². The average Bonchev–Trinajstić information content (AvgIpc) is 3.59. The van der Waals surface area contributed by atoms with Crippen LogP contribution in [0.4, 0.5) is 11.5 Å². The van der Waals surface area contributed by atoms with Crippen molar-refractivity contribution in [3.63, 3.8) is 0 Å². The number of phenolic OH excluding ortho intramolecular Hbond substituents is 1. The summed E-state index contributed by atoms with van der Waals surface area (Å²) < 4.78 is 2.02. The van der Waals surface area contributed by atoms with E-state index in [1.165, 1.54) is 5.69 Å². The van der Waals surface area contributed by atoms with Crippen molar-refractivity contribution in [2.24, 2.45) is 0 Å². The summed E-state index contributed by atoms with van der Waals surface area (Å²) in [6.07, 6.45) is 4.13. The highest BCUT2D eigenvalue weighted by Gasteiger charge is 2.21. The standard InChI is InChI=1S/C30H36N8O2/c1-35-15-17-36(18-16-35)24-8-6-23(7-9-24)28-33-29(31-13-12-22-4-10-25(39)11-5-22)27-30(34-28)38(21-32-27)20-19-37-14-2-3-26(37)40/h4-11,21,39H,2-3,12-20H2,1H3,(H,31,33,34). The minimum absolute atomic E-state index is 0.219. The summed E-state index contributed by atoms with van der Waals surface area (Å²) in [5, 5.41) is 13.1. The number of hydrogen-bond acceptors (Lipinski definition) is 8. The van der Waals surface area contributed by atoms with E-state index >= 15 is 0 Å². The van der Waals surface area contributed by atoms with Gasteiger partial charge in [-0.2, -0.15) is 0 Å². The highest BCUT2D eigenvalue weighted by Crippen LogP contribution is 2.27. The molecule has 4 heterocycles. The number of anilines is 2. The number of nitrogens with zero attached hydrogens (tertiary/aromatic N) is 7. The third-order valence-corrected chi connectivity index (χ3v) is 7.88. The van der Waals surface area contributed by atoms with E-state index in [0.717, 1.165) is 67.9 Å². The molecular formula is C30H36N8O2. The molecule has 208 valence electrons. The van der Waals surface area contributed by atoms with Crippen LogP contribution in [0, 0.1) is 0 Å². The SMILES string of the molecule is CN1CCN(c2ccc(-c3nc(NCCc4ccc(O)cc4)c4ncn(CCN5CCCC5=O)c4n3)cc2)CC1. The summed E-state index contributed by atoms with van der Waals surface area (Å²) in [5.41, 5.74) is 4.76. The molecule has 10 nitrogen and oxygen atoms in total. The van der Waals surface area contributed by atoms with Crippen molar-refractivity contribution in [1.29, 1.82) is 0 Å². The van der Waals surface area contributed by atoms with E-state index < -0.39 is 0 Å². The number of nitrogens with one attached hydrogen (secondary N) is 1. The Balaban J connectivity index is 1.26. The monoisotopic (exact) mass is 540 g/mol.